The van der Waals surface area contributed by atoms with Crippen LogP contribution in [0.2, 0.25) is 0 Å². The predicted molar refractivity (Wildman–Crippen MR) is 74.4 cm³/mol. The smallest absolute Gasteiger partial charge is 0.341 e. The van der Waals surface area contributed by atoms with Crippen LogP contribution in [0.4, 0.5) is 5.82 Å². The fourth-order valence-electron chi connectivity index (χ4n) is 2.19. The van der Waals surface area contributed by atoms with Gasteiger partial charge in [-0.1, -0.05) is 13.8 Å². The molecule has 19 heavy (non-hydrogen) atoms. The summed E-state index contributed by atoms with van der Waals surface area (Å²) in [6.07, 6.45) is 3.50. The molecule has 0 fully saturated rings. The Labute approximate surface area is 114 Å². The quantitative estimate of drug-likeness (QED) is 0.763. The van der Waals surface area contributed by atoms with Crippen LogP contribution in [0.15, 0.2) is 18.3 Å². The Balaban J connectivity index is 3.18. The number of methoxy groups -OCH3 is 1. The van der Waals surface area contributed by atoms with Crippen molar-refractivity contribution in [3.63, 3.8) is 0 Å². The number of ether oxygens (including phenoxy) is 1. The van der Waals surface area contributed by atoms with E-state index < -0.39 is 5.97 Å². The Morgan fingerprint density at radius 3 is 2.68 bits per heavy atom. The Morgan fingerprint density at radius 2 is 2.16 bits per heavy atom. The lowest BCUT2D eigenvalue weighted by Crippen LogP contribution is -2.38. The highest BCUT2D eigenvalue weighted by molar-refractivity contribution is 5.94. The molecule has 0 bridgehead atoms. The molecular formula is C14H22N2O3. The van der Waals surface area contributed by atoms with E-state index in [-0.39, 0.29) is 12.6 Å². The number of aliphatic hydroxyl groups excluding tert-OH is 1. The first-order chi connectivity index (χ1) is 9.19. The van der Waals surface area contributed by atoms with Crippen molar-refractivity contribution >= 4 is 11.8 Å². The van der Waals surface area contributed by atoms with Gasteiger partial charge in [0.1, 0.15) is 11.4 Å². The van der Waals surface area contributed by atoms with Crippen molar-refractivity contribution in [3.8, 4) is 0 Å². The number of hydrogen-bond donors (Lipinski definition) is 1. The zero-order chi connectivity index (χ0) is 14.3. The lowest BCUT2D eigenvalue weighted by molar-refractivity contribution is 0.0600. The molecule has 5 heteroatoms. The summed E-state index contributed by atoms with van der Waals surface area (Å²) in [7, 11) is 1.35. The van der Waals surface area contributed by atoms with Gasteiger partial charge < -0.3 is 14.7 Å². The molecule has 1 aromatic heterocycles. The molecule has 0 unspecified atom stereocenters. The van der Waals surface area contributed by atoms with Crippen molar-refractivity contribution < 1.29 is 14.6 Å². The summed E-state index contributed by atoms with van der Waals surface area (Å²) in [5, 5.41) is 9.24. The summed E-state index contributed by atoms with van der Waals surface area (Å²) < 4.78 is 4.78. The first-order valence-electron chi connectivity index (χ1n) is 6.60. The molecule has 0 spiro atoms. The van der Waals surface area contributed by atoms with Crippen LogP contribution in [-0.4, -0.2) is 42.4 Å². The highest BCUT2D eigenvalue weighted by Gasteiger charge is 2.22. The Kier molecular flexibility index (Phi) is 6.29. The highest BCUT2D eigenvalue weighted by atomic mass is 16.5. The molecule has 0 radical (unpaired) electrons. The summed E-state index contributed by atoms with van der Waals surface area (Å²) in [5.41, 5.74) is 0.436. The molecule has 0 aliphatic rings. The normalized spacial score (nSPS) is 10.6. The van der Waals surface area contributed by atoms with Gasteiger partial charge in [-0.2, -0.15) is 0 Å². The van der Waals surface area contributed by atoms with Gasteiger partial charge in [-0.3, -0.25) is 0 Å². The van der Waals surface area contributed by atoms with Crippen LogP contribution in [0.5, 0.6) is 0 Å². The molecular weight excluding hydrogens is 244 g/mol. The van der Waals surface area contributed by atoms with Crippen LogP contribution in [-0.2, 0) is 4.74 Å². The van der Waals surface area contributed by atoms with Gasteiger partial charge in [-0.25, -0.2) is 9.78 Å². The SMILES string of the molecule is CCC(CC)N(CCO)c1ncccc1C(=O)OC. The van der Waals surface area contributed by atoms with Gasteiger partial charge >= 0.3 is 5.97 Å². The van der Waals surface area contributed by atoms with E-state index in [0.717, 1.165) is 12.8 Å². The Morgan fingerprint density at radius 1 is 1.47 bits per heavy atom. The molecule has 1 rings (SSSR count). The van der Waals surface area contributed by atoms with Gasteiger partial charge in [0.2, 0.25) is 0 Å². The van der Waals surface area contributed by atoms with Crippen molar-refractivity contribution in [1.29, 1.82) is 0 Å². The van der Waals surface area contributed by atoms with Crippen LogP contribution in [0.25, 0.3) is 0 Å². The minimum absolute atomic E-state index is 0.0215. The van der Waals surface area contributed by atoms with E-state index in [1.165, 1.54) is 7.11 Å². The topological polar surface area (TPSA) is 62.7 Å². The summed E-state index contributed by atoms with van der Waals surface area (Å²) in [4.78, 5) is 18.1. The summed E-state index contributed by atoms with van der Waals surface area (Å²) in [5.74, 6) is 0.175. The maximum atomic E-state index is 11.8. The van der Waals surface area contributed by atoms with Gasteiger partial charge in [-0.15, -0.1) is 0 Å². The van der Waals surface area contributed by atoms with Crippen LogP contribution in [0.3, 0.4) is 0 Å². The number of pyridine rings is 1. The third-order valence-electron chi connectivity index (χ3n) is 3.19. The van der Waals surface area contributed by atoms with Crippen LogP contribution < -0.4 is 4.90 Å². The van der Waals surface area contributed by atoms with Crippen molar-refractivity contribution in [2.24, 2.45) is 0 Å². The molecule has 0 aliphatic carbocycles. The van der Waals surface area contributed by atoms with E-state index in [9.17, 15) is 9.90 Å². The molecule has 5 nitrogen and oxygen atoms in total. The Bertz CT molecular complexity index is 405. The van der Waals surface area contributed by atoms with Crippen molar-refractivity contribution in [3.05, 3.63) is 23.9 Å². The van der Waals surface area contributed by atoms with E-state index >= 15 is 0 Å². The highest BCUT2D eigenvalue weighted by Crippen LogP contribution is 2.22. The van der Waals surface area contributed by atoms with Crippen LogP contribution >= 0.6 is 0 Å². The van der Waals surface area contributed by atoms with Gasteiger partial charge in [0.15, 0.2) is 0 Å². The molecule has 1 aromatic rings. The maximum absolute atomic E-state index is 11.8. The van der Waals surface area contributed by atoms with Gasteiger partial charge in [-0.05, 0) is 25.0 Å². The average Bonchev–Trinajstić information content (AvgIpc) is 2.46. The van der Waals surface area contributed by atoms with Crippen molar-refractivity contribution in [2.45, 2.75) is 32.7 Å². The van der Waals surface area contributed by atoms with Gasteiger partial charge in [0.25, 0.3) is 0 Å². The fourth-order valence-corrected chi connectivity index (χ4v) is 2.19. The number of carbonyl (C=O) groups is 1. The zero-order valence-electron chi connectivity index (χ0n) is 11.8. The summed E-state index contributed by atoms with van der Waals surface area (Å²) >= 11 is 0. The number of rotatable bonds is 7. The van der Waals surface area contributed by atoms with E-state index in [1.807, 2.05) is 4.90 Å². The Hall–Kier alpha value is -1.62. The first kappa shape index (κ1) is 15.4. The van der Waals surface area contributed by atoms with Crippen molar-refractivity contribution in [2.75, 3.05) is 25.2 Å². The fraction of sp³-hybridized carbons (Fsp3) is 0.571. The maximum Gasteiger partial charge on any atom is 0.341 e. The predicted octanol–water partition coefficient (Wildman–Crippen LogP) is 1.86. The van der Waals surface area contributed by atoms with Crippen LogP contribution in [0, 0.1) is 0 Å². The summed E-state index contributed by atoms with van der Waals surface area (Å²) in [6, 6.07) is 3.64. The number of anilines is 1. The number of carbonyl (C=O) groups excluding carboxylic acids is 1. The largest absolute Gasteiger partial charge is 0.465 e. The molecule has 0 saturated heterocycles. The average molecular weight is 266 g/mol. The molecule has 1 heterocycles. The zero-order valence-corrected chi connectivity index (χ0v) is 11.8. The minimum Gasteiger partial charge on any atom is -0.465 e. The van der Waals surface area contributed by atoms with E-state index in [1.54, 1.807) is 18.3 Å². The number of esters is 1. The first-order valence-corrected chi connectivity index (χ1v) is 6.60. The van der Waals surface area contributed by atoms with E-state index in [2.05, 4.69) is 18.8 Å². The molecule has 0 aromatic carbocycles. The third-order valence-corrected chi connectivity index (χ3v) is 3.19. The van der Waals surface area contributed by atoms with E-state index in [0.29, 0.717) is 17.9 Å². The molecule has 0 amide bonds. The number of aliphatic hydroxyl groups is 1. The third kappa shape index (κ3) is 3.67. The van der Waals surface area contributed by atoms with Gasteiger partial charge in [0.05, 0.1) is 13.7 Å². The second kappa shape index (κ2) is 7.74. The number of nitrogens with zero attached hydrogens (tertiary/aromatic N) is 2. The molecule has 0 saturated carbocycles. The summed E-state index contributed by atoms with van der Waals surface area (Å²) in [6.45, 7) is 4.64. The number of aromatic nitrogens is 1. The minimum atomic E-state index is -0.406. The molecule has 0 atom stereocenters. The lowest BCUT2D eigenvalue weighted by atomic mass is 10.1. The standard InChI is InChI=1S/C14H22N2O3/c1-4-11(5-2)16(9-10-17)13-12(14(18)19-3)7-6-8-15-13/h6-8,11,17H,4-5,9-10H2,1-3H3. The monoisotopic (exact) mass is 266 g/mol. The van der Waals surface area contributed by atoms with Crippen molar-refractivity contribution in [1.82, 2.24) is 4.98 Å². The van der Waals surface area contributed by atoms with E-state index in [4.69, 9.17) is 4.74 Å². The molecule has 0 aliphatic heterocycles. The molecule has 106 valence electrons. The van der Waals surface area contributed by atoms with Crippen LogP contribution in [0.1, 0.15) is 37.0 Å². The van der Waals surface area contributed by atoms with Gasteiger partial charge in [0, 0.05) is 18.8 Å². The lowest BCUT2D eigenvalue weighted by Gasteiger charge is -2.32. The second-order valence-corrected chi connectivity index (χ2v) is 4.25. The molecule has 1 N–H and O–H groups in total. The second-order valence-electron chi connectivity index (χ2n) is 4.25. The number of hydrogen-bond acceptors (Lipinski definition) is 5.